The van der Waals surface area contributed by atoms with Crippen molar-refractivity contribution in [3.05, 3.63) is 128 Å². The zero-order valence-corrected chi connectivity index (χ0v) is 20.3. The number of hydrogen-bond acceptors (Lipinski definition) is 1. The number of benzene rings is 5. The average Bonchev–Trinajstić information content (AvgIpc) is 3.67. The second-order valence-electron chi connectivity index (χ2n) is 9.39. The highest BCUT2D eigenvalue weighted by Crippen LogP contribution is 2.32. The van der Waals surface area contributed by atoms with Crippen LogP contribution in [0.3, 0.4) is 0 Å². The van der Waals surface area contributed by atoms with Crippen molar-refractivity contribution in [3.63, 3.8) is 0 Å². The van der Waals surface area contributed by atoms with Crippen LogP contribution in [0, 0.1) is 6.33 Å². The van der Waals surface area contributed by atoms with Crippen LogP contribution in [0.15, 0.2) is 121 Å². The first-order chi connectivity index (χ1) is 20.0. The van der Waals surface area contributed by atoms with Crippen molar-refractivity contribution in [1.82, 2.24) is 18.5 Å². The van der Waals surface area contributed by atoms with Crippen LogP contribution in [0.4, 0.5) is 0 Å². The summed E-state index contributed by atoms with van der Waals surface area (Å²) in [5.74, 6) is 0.777. The van der Waals surface area contributed by atoms with Crippen molar-refractivity contribution in [3.8, 4) is 22.5 Å². The van der Waals surface area contributed by atoms with Gasteiger partial charge in [0.1, 0.15) is 0 Å². The molecule has 0 aliphatic rings. The van der Waals surface area contributed by atoms with Gasteiger partial charge in [-0.15, -0.1) is 0 Å². The molecule has 5 nitrogen and oxygen atoms in total. The molecule has 3 heterocycles. The standard InChI is InChI=1S/C33H23N5/c1-35-22-36(27-16-6-5-15-26(27)35)30-19-10-20-31-32(30)34-33-37(28-17-7-8-18-29(28)38(31)33)25-14-9-13-24(21-25)23-11-3-2-4-12-23/h2-21H,1H3/i1D3. The smallest absolute Gasteiger partial charge is 0.244 e. The molecule has 0 radical (unpaired) electrons. The van der Waals surface area contributed by atoms with Gasteiger partial charge in [-0.25, -0.2) is 4.98 Å². The van der Waals surface area contributed by atoms with Gasteiger partial charge in [-0.3, -0.25) is 8.97 Å². The van der Waals surface area contributed by atoms with Crippen LogP contribution in [-0.4, -0.2) is 18.5 Å². The van der Waals surface area contributed by atoms with Crippen molar-refractivity contribution in [2.75, 3.05) is 0 Å². The van der Waals surface area contributed by atoms with Crippen LogP contribution in [0.1, 0.15) is 4.11 Å². The molecule has 0 fully saturated rings. The van der Waals surface area contributed by atoms with E-state index in [4.69, 9.17) is 9.10 Å². The third kappa shape index (κ3) is 2.93. The van der Waals surface area contributed by atoms with Gasteiger partial charge in [0.2, 0.25) is 12.1 Å². The molecular weight excluding hydrogens is 466 g/mol. The van der Waals surface area contributed by atoms with Gasteiger partial charge in [-0.1, -0.05) is 91.0 Å². The summed E-state index contributed by atoms with van der Waals surface area (Å²) in [6.45, 7) is -2.37. The average molecular weight is 493 g/mol. The normalized spacial score (nSPS) is 13.3. The molecule has 0 unspecified atom stereocenters. The fourth-order valence-electron chi connectivity index (χ4n) is 5.53. The van der Waals surface area contributed by atoms with Crippen molar-refractivity contribution in [1.29, 1.82) is 0 Å². The summed E-state index contributed by atoms with van der Waals surface area (Å²) in [5.41, 5.74) is 9.14. The summed E-state index contributed by atoms with van der Waals surface area (Å²) in [6.07, 6.45) is 3.10. The lowest BCUT2D eigenvalue weighted by Gasteiger charge is -2.09. The molecular formula is C33H23N5. The first-order valence-electron chi connectivity index (χ1n) is 14.0. The molecule has 180 valence electrons. The van der Waals surface area contributed by atoms with E-state index in [-0.39, 0.29) is 0 Å². The minimum absolute atomic E-state index is 0.584. The van der Waals surface area contributed by atoms with E-state index in [2.05, 4.69) is 69.9 Å². The van der Waals surface area contributed by atoms with E-state index in [1.165, 1.54) is 4.57 Å². The molecule has 38 heavy (non-hydrogen) atoms. The lowest BCUT2D eigenvalue weighted by Crippen LogP contribution is -2.29. The van der Waals surface area contributed by atoms with Gasteiger partial charge in [0.25, 0.3) is 0 Å². The Morgan fingerprint density at radius 1 is 0.684 bits per heavy atom. The van der Waals surface area contributed by atoms with Gasteiger partial charge in [0.05, 0.1) is 49.9 Å². The molecule has 0 bridgehead atoms. The molecule has 0 saturated carbocycles. The van der Waals surface area contributed by atoms with Gasteiger partial charge in [0, 0.05) is 5.69 Å². The third-order valence-corrected chi connectivity index (χ3v) is 7.23. The SMILES string of the molecule is [2H]C([2H])([2H])n1[c-][n+](-c2cccc3c2nc2n(-c4cccc(-c5ccccc5)c4)c4ccccc4n32)c2ccccc21. The van der Waals surface area contributed by atoms with E-state index in [0.717, 1.165) is 55.9 Å². The van der Waals surface area contributed by atoms with Crippen LogP contribution in [-0.2, 0) is 6.98 Å². The summed E-state index contributed by atoms with van der Waals surface area (Å²) >= 11 is 0. The maximum Gasteiger partial charge on any atom is 0.244 e. The quantitative estimate of drug-likeness (QED) is 0.200. The number of aryl methyl sites for hydroxylation is 1. The molecule has 8 aromatic rings. The fraction of sp³-hybridized carbons (Fsp3) is 0.0303. The van der Waals surface area contributed by atoms with Crippen molar-refractivity contribution < 1.29 is 8.68 Å². The lowest BCUT2D eigenvalue weighted by atomic mass is 10.1. The Labute approximate surface area is 223 Å². The second-order valence-corrected chi connectivity index (χ2v) is 9.39. The fourth-order valence-corrected chi connectivity index (χ4v) is 5.53. The predicted molar refractivity (Wildman–Crippen MR) is 152 cm³/mol. The van der Waals surface area contributed by atoms with Crippen LogP contribution in [0.2, 0.25) is 0 Å². The Kier molecular flexibility index (Phi) is 3.78. The zero-order valence-electron chi connectivity index (χ0n) is 23.3. The molecule has 0 amide bonds. The Hall–Kier alpha value is -5.16. The molecule has 0 spiro atoms. The van der Waals surface area contributed by atoms with E-state index >= 15 is 0 Å². The number of rotatable bonds is 3. The molecule has 8 rings (SSSR count). The highest BCUT2D eigenvalue weighted by atomic mass is 15.2. The Morgan fingerprint density at radius 2 is 1.39 bits per heavy atom. The van der Waals surface area contributed by atoms with E-state index in [1.807, 2.05) is 60.7 Å². The van der Waals surface area contributed by atoms with E-state index in [0.29, 0.717) is 5.52 Å². The van der Waals surface area contributed by atoms with Crippen LogP contribution in [0.25, 0.3) is 61.4 Å². The monoisotopic (exact) mass is 492 g/mol. The number of para-hydroxylation sites is 5. The maximum atomic E-state index is 8.08. The number of aromatic nitrogens is 5. The number of nitrogens with zero attached hydrogens (tertiary/aromatic N) is 5. The first kappa shape index (κ1) is 18.1. The van der Waals surface area contributed by atoms with E-state index in [1.54, 1.807) is 10.6 Å². The summed E-state index contributed by atoms with van der Waals surface area (Å²) < 4.78 is 31.6. The molecule has 0 N–H and O–H groups in total. The topological polar surface area (TPSA) is 31.0 Å². The second kappa shape index (κ2) is 7.92. The molecule has 0 aliphatic heterocycles. The Bertz CT molecular complexity index is 2250. The minimum atomic E-state index is -2.37. The van der Waals surface area contributed by atoms with Crippen LogP contribution in [0.5, 0.6) is 0 Å². The van der Waals surface area contributed by atoms with E-state index in [9.17, 15) is 0 Å². The van der Waals surface area contributed by atoms with Crippen LogP contribution >= 0.6 is 0 Å². The minimum Gasteiger partial charge on any atom is -0.317 e. The van der Waals surface area contributed by atoms with Gasteiger partial charge in [0.15, 0.2) is 0 Å². The summed E-state index contributed by atoms with van der Waals surface area (Å²) in [4.78, 5) is 5.22. The first-order valence-corrected chi connectivity index (χ1v) is 12.5. The molecule has 5 heteroatoms. The number of hydrogen-bond donors (Lipinski definition) is 0. The summed E-state index contributed by atoms with van der Waals surface area (Å²) in [7, 11) is 0. The zero-order chi connectivity index (χ0) is 27.7. The third-order valence-electron chi connectivity index (χ3n) is 7.23. The summed E-state index contributed by atoms with van der Waals surface area (Å²) in [6, 6.07) is 40.6. The Morgan fingerprint density at radius 3 is 2.26 bits per heavy atom. The maximum absolute atomic E-state index is 8.08. The van der Waals surface area contributed by atoms with Crippen molar-refractivity contribution in [2.45, 2.75) is 0 Å². The van der Waals surface area contributed by atoms with Gasteiger partial charge in [-0.05, 0) is 41.5 Å². The van der Waals surface area contributed by atoms with Gasteiger partial charge >= 0.3 is 0 Å². The number of fused-ring (bicyclic) bond motifs is 6. The van der Waals surface area contributed by atoms with Crippen molar-refractivity contribution >= 4 is 38.9 Å². The van der Waals surface area contributed by atoms with Crippen LogP contribution < -0.4 is 4.57 Å². The number of imidazole rings is 3. The Balaban J connectivity index is 1.43. The predicted octanol–water partition coefficient (Wildman–Crippen LogP) is 6.67. The van der Waals surface area contributed by atoms with Gasteiger partial charge < -0.3 is 9.13 Å². The largest absolute Gasteiger partial charge is 0.317 e. The van der Waals surface area contributed by atoms with Gasteiger partial charge in [-0.2, -0.15) is 0 Å². The lowest BCUT2D eigenvalue weighted by molar-refractivity contribution is -0.571. The van der Waals surface area contributed by atoms with E-state index < -0.39 is 6.98 Å². The molecule has 0 aliphatic carbocycles. The van der Waals surface area contributed by atoms with Crippen molar-refractivity contribution in [2.24, 2.45) is 6.98 Å². The molecule has 0 saturated heterocycles. The molecule has 0 atom stereocenters. The summed E-state index contributed by atoms with van der Waals surface area (Å²) in [5, 5.41) is 0. The highest BCUT2D eigenvalue weighted by molar-refractivity contribution is 5.94. The highest BCUT2D eigenvalue weighted by Gasteiger charge is 2.20. The molecule has 5 aromatic carbocycles. The molecule has 3 aromatic heterocycles.